The maximum absolute atomic E-state index is 12.2. The first kappa shape index (κ1) is 21.3. The second kappa shape index (κ2) is 9.37. The number of nitrogens with zero attached hydrogens (tertiary/aromatic N) is 6. The average molecular weight is 410 g/mol. The smallest absolute Gasteiger partial charge is 0.410 e. The highest BCUT2D eigenvalue weighted by Gasteiger charge is 2.25. The number of nitriles is 1. The Kier molecular flexibility index (Phi) is 6.64. The van der Waals surface area contributed by atoms with Crippen LogP contribution in [0, 0.1) is 11.3 Å². The van der Waals surface area contributed by atoms with Gasteiger partial charge in [0.25, 0.3) is 0 Å². The Bertz CT molecular complexity index is 919. The molecule has 1 aliphatic heterocycles. The van der Waals surface area contributed by atoms with Gasteiger partial charge in [0.05, 0.1) is 0 Å². The molecule has 0 saturated carbocycles. The number of anilines is 1. The summed E-state index contributed by atoms with van der Waals surface area (Å²) in [7, 11) is 0. The van der Waals surface area contributed by atoms with Crippen LogP contribution in [0.5, 0.6) is 0 Å². The zero-order valence-corrected chi connectivity index (χ0v) is 17.4. The molecule has 3 rings (SSSR count). The van der Waals surface area contributed by atoms with Gasteiger partial charge in [-0.05, 0) is 43.7 Å². The molecule has 1 aliphatic rings. The average Bonchev–Trinajstić information content (AvgIpc) is 3.23. The van der Waals surface area contributed by atoms with Crippen molar-refractivity contribution in [3.63, 3.8) is 0 Å². The highest BCUT2D eigenvalue weighted by atomic mass is 16.6. The van der Waals surface area contributed by atoms with E-state index in [0.29, 0.717) is 13.1 Å². The van der Waals surface area contributed by atoms with Gasteiger partial charge in [0.1, 0.15) is 17.2 Å². The van der Waals surface area contributed by atoms with E-state index in [0.717, 1.165) is 30.9 Å². The van der Waals surface area contributed by atoms with E-state index in [1.165, 1.54) is 0 Å². The van der Waals surface area contributed by atoms with E-state index in [9.17, 15) is 10.1 Å². The number of aromatic nitrogens is 4. The van der Waals surface area contributed by atoms with E-state index in [4.69, 9.17) is 4.74 Å². The molecule has 0 aliphatic carbocycles. The van der Waals surface area contributed by atoms with Crippen LogP contribution in [-0.4, -0.2) is 68.3 Å². The van der Waals surface area contributed by atoms with Crippen LogP contribution < -0.4 is 5.32 Å². The molecule has 0 spiro atoms. The third kappa shape index (κ3) is 6.02. The number of tetrazole rings is 1. The van der Waals surface area contributed by atoms with Crippen molar-refractivity contribution < 1.29 is 9.53 Å². The van der Waals surface area contributed by atoms with Gasteiger partial charge in [-0.2, -0.15) is 10.5 Å². The molecule has 0 radical (unpaired) electrons. The van der Waals surface area contributed by atoms with E-state index in [-0.39, 0.29) is 17.5 Å². The summed E-state index contributed by atoms with van der Waals surface area (Å²) in [6.07, 6.45) is 1.30. The molecule has 0 unspecified atom stereocenters. The lowest BCUT2D eigenvalue weighted by Gasteiger charge is -2.35. The first-order valence-electron chi connectivity index (χ1n) is 9.74. The molecule has 1 amide bonds. The van der Waals surface area contributed by atoms with Crippen molar-refractivity contribution in [2.24, 2.45) is 0 Å². The Labute approximate surface area is 175 Å². The van der Waals surface area contributed by atoms with Crippen molar-refractivity contribution in [1.82, 2.24) is 30.4 Å². The predicted molar refractivity (Wildman–Crippen MR) is 111 cm³/mol. The molecule has 1 aromatic heterocycles. The maximum atomic E-state index is 12.2. The summed E-state index contributed by atoms with van der Waals surface area (Å²) in [6.45, 7) is 9.26. The number of rotatable bonds is 5. The summed E-state index contributed by atoms with van der Waals surface area (Å²) < 4.78 is 5.45. The number of carbonyl (C=O) groups excluding carboxylic acids is 1. The molecule has 10 heteroatoms. The lowest BCUT2D eigenvalue weighted by Crippen LogP contribution is -2.49. The molecular formula is C20H26N8O2. The molecule has 1 fully saturated rings. The third-order valence-corrected chi connectivity index (χ3v) is 4.45. The monoisotopic (exact) mass is 410 g/mol. The summed E-state index contributed by atoms with van der Waals surface area (Å²) in [4.78, 5) is 16.3. The molecule has 2 aromatic rings. The van der Waals surface area contributed by atoms with E-state index in [1.54, 1.807) is 11.1 Å². The summed E-state index contributed by atoms with van der Waals surface area (Å²) in [5.41, 5.74) is 1.80. The molecular weight excluding hydrogens is 384 g/mol. The first-order valence-corrected chi connectivity index (χ1v) is 9.74. The minimum absolute atomic E-state index is 0.240. The molecule has 0 atom stereocenters. The van der Waals surface area contributed by atoms with E-state index in [2.05, 4.69) is 36.9 Å². The highest BCUT2D eigenvalue weighted by molar-refractivity contribution is 5.74. The van der Waals surface area contributed by atoms with Crippen LogP contribution in [0.15, 0.2) is 30.5 Å². The SMILES string of the molecule is CC(C)(C)OC(=O)N1CCN(Cc2cccc(NC=C(C#N)c3nn[nH]n3)c2)CC1. The number of aromatic amines is 1. The van der Waals surface area contributed by atoms with Gasteiger partial charge >= 0.3 is 6.09 Å². The van der Waals surface area contributed by atoms with Gasteiger partial charge in [-0.25, -0.2) is 4.79 Å². The van der Waals surface area contributed by atoms with Gasteiger partial charge in [-0.15, -0.1) is 10.2 Å². The Morgan fingerprint density at radius 1 is 1.33 bits per heavy atom. The van der Waals surface area contributed by atoms with E-state index in [1.807, 2.05) is 45.0 Å². The Morgan fingerprint density at radius 3 is 2.73 bits per heavy atom. The Morgan fingerprint density at radius 2 is 2.10 bits per heavy atom. The number of benzene rings is 1. The minimum Gasteiger partial charge on any atom is -0.444 e. The van der Waals surface area contributed by atoms with Crippen LogP contribution in [0.25, 0.3) is 5.57 Å². The zero-order valence-electron chi connectivity index (χ0n) is 17.4. The zero-order chi connectivity index (χ0) is 21.6. The molecule has 30 heavy (non-hydrogen) atoms. The van der Waals surface area contributed by atoms with Crippen LogP contribution in [0.4, 0.5) is 10.5 Å². The lowest BCUT2D eigenvalue weighted by atomic mass is 10.1. The number of hydrogen-bond donors (Lipinski definition) is 2. The standard InChI is InChI=1S/C20H26N8O2/c1-20(2,3)30-19(29)28-9-7-27(8-10-28)14-15-5-4-6-17(11-15)22-13-16(12-21)18-23-25-26-24-18/h4-6,11,13,22H,7-10,14H2,1-3H3,(H,23,24,25,26). The molecule has 1 aromatic carbocycles. The fraction of sp³-hybridized carbons (Fsp3) is 0.450. The topological polar surface area (TPSA) is 123 Å². The molecule has 0 bridgehead atoms. The van der Waals surface area contributed by atoms with Crippen LogP contribution >= 0.6 is 0 Å². The summed E-state index contributed by atoms with van der Waals surface area (Å²) in [6, 6.07) is 10.0. The van der Waals surface area contributed by atoms with E-state index < -0.39 is 5.60 Å². The van der Waals surface area contributed by atoms with Crippen molar-refractivity contribution in [2.75, 3.05) is 31.5 Å². The van der Waals surface area contributed by atoms with Gasteiger partial charge in [0, 0.05) is 44.6 Å². The molecule has 2 heterocycles. The summed E-state index contributed by atoms with van der Waals surface area (Å²) in [5, 5.41) is 25.8. The number of allylic oxidation sites excluding steroid dienone is 1. The number of piperazine rings is 1. The van der Waals surface area contributed by atoms with E-state index >= 15 is 0 Å². The highest BCUT2D eigenvalue weighted by Crippen LogP contribution is 2.17. The number of amides is 1. The van der Waals surface area contributed by atoms with Crippen LogP contribution in [-0.2, 0) is 11.3 Å². The quantitative estimate of drug-likeness (QED) is 0.720. The van der Waals surface area contributed by atoms with Gasteiger partial charge in [0.15, 0.2) is 0 Å². The van der Waals surface area contributed by atoms with Crippen molar-refractivity contribution in [1.29, 1.82) is 5.26 Å². The fourth-order valence-electron chi connectivity index (χ4n) is 3.01. The van der Waals surface area contributed by atoms with Crippen molar-refractivity contribution in [3.05, 3.63) is 41.9 Å². The fourth-order valence-corrected chi connectivity index (χ4v) is 3.01. The largest absolute Gasteiger partial charge is 0.444 e. The predicted octanol–water partition coefficient (Wildman–Crippen LogP) is 2.23. The molecule has 10 nitrogen and oxygen atoms in total. The lowest BCUT2D eigenvalue weighted by molar-refractivity contribution is 0.0139. The second-order valence-electron chi connectivity index (χ2n) is 7.99. The number of H-pyrrole nitrogens is 1. The molecule has 2 N–H and O–H groups in total. The van der Waals surface area contributed by atoms with Gasteiger partial charge in [-0.3, -0.25) is 4.90 Å². The Balaban J connectivity index is 1.54. The van der Waals surface area contributed by atoms with Crippen molar-refractivity contribution >= 4 is 17.4 Å². The molecule has 1 saturated heterocycles. The van der Waals surface area contributed by atoms with Crippen LogP contribution in [0.1, 0.15) is 32.2 Å². The minimum atomic E-state index is -0.481. The number of nitrogens with one attached hydrogen (secondary N) is 2. The Hall–Kier alpha value is -3.45. The van der Waals surface area contributed by atoms with Crippen molar-refractivity contribution in [3.8, 4) is 6.07 Å². The maximum Gasteiger partial charge on any atom is 0.410 e. The second-order valence-corrected chi connectivity index (χ2v) is 7.99. The van der Waals surface area contributed by atoms with Gasteiger partial charge in [-0.1, -0.05) is 12.1 Å². The van der Waals surface area contributed by atoms with Crippen LogP contribution in [0.3, 0.4) is 0 Å². The van der Waals surface area contributed by atoms with Gasteiger partial charge in [0.2, 0.25) is 5.82 Å². The normalized spacial score (nSPS) is 15.5. The van der Waals surface area contributed by atoms with Gasteiger partial charge < -0.3 is 15.0 Å². The number of carbonyl (C=O) groups is 1. The van der Waals surface area contributed by atoms with Crippen LogP contribution in [0.2, 0.25) is 0 Å². The number of ether oxygens (including phenoxy) is 1. The summed E-state index contributed by atoms with van der Waals surface area (Å²) >= 11 is 0. The first-order chi connectivity index (χ1) is 14.3. The van der Waals surface area contributed by atoms with Crippen molar-refractivity contribution in [2.45, 2.75) is 32.9 Å². The molecule has 158 valence electrons. The third-order valence-electron chi connectivity index (χ3n) is 4.45. The number of hydrogen-bond acceptors (Lipinski definition) is 8. The summed E-state index contributed by atoms with van der Waals surface area (Å²) in [5.74, 6) is 0.240.